The van der Waals surface area contributed by atoms with Crippen LogP contribution >= 0.6 is 11.6 Å². The van der Waals surface area contributed by atoms with Gasteiger partial charge >= 0.3 is 0 Å². The van der Waals surface area contributed by atoms with Gasteiger partial charge in [-0.05, 0) is 44.1 Å². The average Bonchev–Trinajstić information content (AvgIpc) is 2.83. The molecule has 2 rings (SSSR count). The smallest absolute Gasteiger partial charge is 0.255 e. The van der Waals surface area contributed by atoms with Crippen LogP contribution in [0.15, 0.2) is 18.2 Å². The molecule has 0 saturated carbocycles. The molecule has 1 atom stereocenters. The Kier molecular flexibility index (Phi) is 4.89. The topological polar surface area (TPSA) is 35.6 Å². The molecule has 1 amide bonds. The van der Waals surface area contributed by atoms with E-state index < -0.39 is 0 Å². The molecule has 0 spiro atoms. The Balaban J connectivity index is 2.08. The summed E-state index contributed by atoms with van der Waals surface area (Å²) in [6.45, 7) is 2.97. The molecule has 1 unspecified atom stereocenters. The SMILES string of the molecule is CNc1ccc(Cl)cc1C(=O)N(C)CC1CCN(C)C1. The third-order valence-corrected chi connectivity index (χ3v) is 4.08. The van der Waals surface area contributed by atoms with Gasteiger partial charge < -0.3 is 15.1 Å². The number of rotatable bonds is 4. The second-order valence-electron chi connectivity index (χ2n) is 5.54. The largest absolute Gasteiger partial charge is 0.387 e. The number of anilines is 1. The molecule has 5 heteroatoms. The van der Waals surface area contributed by atoms with E-state index in [1.165, 1.54) is 0 Å². The Morgan fingerprint density at radius 1 is 1.55 bits per heavy atom. The van der Waals surface area contributed by atoms with Crippen molar-refractivity contribution in [1.29, 1.82) is 0 Å². The first kappa shape index (κ1) is 15.1. The third-order valence-electron chi connectivity index (χ3n) is 3.85. The molecule has 1 aliphatic rings. The summed E-state index contributed by atoms with van der Waals surface area (Å²) < 4.78 is 0. The van der Waals surface area contributed by atoms with Crippen LogP contribution in [0.4, 0.5) is 5.69 Å². The minimum atomic E-state index is 0.0198. The van der Waals surface area contributed by atoms with Gasteiger partial charge in [-0.15, -0.1) is 0 Å². The van der Waals surface area contributed by atoms with Crippen LogP contribution in [0.3, 0.4) is 0 Å². The highest BCUT2D eigenvalue weighted by atomic mass is 35.5. The van der Waals surface area contributed by atoms with Gasteiger partial charge in [0.1, 0.15) is 0 Å². The number of nitrogens with zero attached hydrogens (tertiary/aromatic N) is 2. The zero-order valence-electron chi connectivity index (χ0n) is 12.3. The Morgan fingerprint density at radius 2 is 2.30 bits per heavy atom. The van der Waals surface area contributed by atoms with Crippen LogP contribution in [-0.4, -0.2) is 56.5 Å². The van der Waals surface area contributed by atoms with E-state index in [-0.39, 0.29) is 5.91 Å². The van der Waals surface area contributed by atoms with Crippen LogP contribution in [0, 0.1) is 5.92 Å². The molecule has 1 aromatic rings. The zero-order valence-corrected chi connectivity index (χ0v) is 13.1. The number of amides is 1. The summed E-state index contributed by atoms with van der Waals surface area (Å²) in [4.78, 5) is 16.7. The Labute approximate surface area is 125 Å². The fraction of sp³-hybridized carbons (Fsp3) is 0.533. The highest BCUT2D eigenvalue weighted by Gasteiger charge is 2.24. The second kappa shape index (κ2) is 6.46. The summed E-state index contributed by atoms with van der Waals surface area (Å²) in [7, 11) is 5.80. The number of hydrogen-bond acceptors (Lipinski definition) is 3. The maximum absolute atomic E-state index is 12.6. The first-order chi connectivity index (χ1) is 9.51. The van der Waals surface area contributed by atoms with Gasteiger partial charge in [0.15, 0.2) is 0 Å². The molecular weight excluding hydrogens is 274 g/mol. The fourth-order valence-corrected chi connectivity index (χ4v) is 2.93. The van der Waals surface area contributed by atoms with Crippen molar-refractivity contribution >= 4 is 23.2 Å². The molecule has 1 N–H and O–H groups in total. The monoisotopic (exact) mass is 295 g/mol. The van der Waals surface area contributed by atoms with E-state index in [0.717, 1.165) is 31.7 Å². The van der Waals surface area contributed by atoms with E-state index in [2.05, 4.69) is 17.3 Å². The highest BCUT2D eigenvalue weighted by molar-refractivity contribution is 6.31. The van der Waals surface area contributed by atoms with Gasteiger partial charge in [-0.1, -0.05) is 11.6 Å². The van der Waals surface area contributed by atoms with Crippen molar-refractivity contribution in [3.05, 3.63) is 28.8 Å². The first-order valence-corrected chi connectivity index (χ1v) is 7.30. The molecular formula is C15H22ClN3O. The number of likely N-dealkylation sites (tertiary alicyclic amines) is 1. The van der Waals surface area contributed by atoms with Crippen molar-refractivity contribution in [2.75, 3.05) is 46.1 Å². The summed E-state index contributed by atoms with van der Waals surface area (Å²) in [5.74, 6) is 0.581. The lowest BCUT2D eigenvalue weighted by Crippen LogP contribution is -2.33. The maximum Gasteiger partial charge on any atom is 0.255 e. The van der Waals surface area contributed by atoms with E-state index in [1.807, 2.05) is 20.2 Å². The van der Waals surface area contributed by atoms with Crippen LogP contribution in [-0.2, 0) is 0 Å². The number of carbonyl (C=O) groups excluding carboxylic acids is 1. The molecule has 110 valence electrons. The summed E-state index contributed by atoms with van der Waals surface area (Å²) in [6, 6.07) is 5.36. The summed E-state index contributed by atoms with van der Waals surface area (Å²) in [5.41, 5.74) is 1.45. The Morgan fingerprint density at radius 3 is 2.90 bits per heavy atom. The second-order valence-corrected chi connectivity index (χ2v) is 5.98. The van der Waals surface area contributed by atoms with Crippen molar-refractivity contribution < 1.29 is 4.79 Å². The molecule has 0 radical (unpaired) electrons. The predicted octanol–water partition coefficient (Wildman–Crippen LogP) is 2.41. The normalized spacial score (nSPS) is 19.1. The summed E-state index contributed by atoms with van der Waals surface area (Å²) in [6.07, 6.45) is 1.16. The molecule has 1 heterocycles. The van der Waals surface area contributed by atoms with Gasteiger partial charge in [-0.3, -0.25) is 4.79 Å². The molecule has 20 heavy (non-hydrogen) atoms. The van der Waals surface area contributed by atoms with Gasteiger partial charge in [0.25, 0.3) is 5.91 Å². The molecule has 1 aromatic carbocycles. The number of hydrogen-bond donors (Lipinski definition) is 1. The lowest BCUT2D eigenvalue weighted by molar-refractivity contribution is 0.0775. The lowest BCUT2D eigenvalue weighted by Gasteiger charge is -2.22. The van der Waals surface area contributed by atoms with Crippen molar-refractivity contribution in [3.63, 3.8) is 0 Å². The van der Waals surface area contributed by atoms with Crippen LogP contribution in [0.2, 0.25) is 5.02 Å². The highest BCUT2D eigenvalue weighted by Crippen LogP contribution is 2.23. The number of halogens is 1. The number of nitrogens with one attached hydrogen (secondary N) is 1. The summed E-state index contributed by atoms with van der Waals surface area (Å²) in [5, 5.41) is 3.63. The van der Waals surface area contributed by atoms with Gasteiger partial charge in [-0.25, -0.2) is 0 Å². The molecule has 1 fully saturated rings. The molecule has 0 aliphatic carbocycles. The predicted molar refractivity (Wildman–Crippen MR) is 83.6 cm³/mol. The molecule has 4 nitrogen and oxygen atoms in total. The molecule has 0 aromatic heterocycles. The van der Waals surface area contributed by atoms with E-state index in [4.69, 9.17) is 11.6 Å². The number of benzene rings is 1. The van der Waals surface area contributed by atoms with Crippen LogP contribution in [0.1, 0.15) is 16.8 Å². The Bertz CT molecular complexity index is 492. The average molecular weight is 296 g/mol. The maximum atomic E-state index is 12.6. The van der Waals surface area contributed by atoms with Crippen molar-refractivity contribution in [2.24, 2.45) is 5.92 Å². The van der Waals surface area contributed by atoms with Gasteiger partial charge in [-0.2, -0.15) is 0 Å². The third kappa shape index (κ3) is 3.44. The van der Waals surface area contributed by atoms with Gasteiger partial charge in [0.2, 0.25) is 0 Å². The standard InChI is InChI=1S/C15H22ClN3O/c1-17-14-5-4-12(16)8-13(14)15(20)19(3)10-11-6-7-18(2)9-11/h4-5,8,11,17H,6-7,9-10H2,1-3H3. The molecule has 0 bridgehead atoms. The van der Waals surface area contributed by atoms with Crippen LogP contribution in [0.25, 0.3) is 0 Å². The lowest BCUT2D eigenvalue weighted by atomic mass is 10.1. The van der Waals surface area contributed by atoms with E-state index in [1.54, 1.807) is 17.0 Å². The van der Waals surface area contributed by atoms with E-state index >= 15 is 0 Å². The van der Waals surface area contributed by atoms with Gasteiger partial charge in [0.05, 0.1) is 5.56 Å². The quantitative estimate of drug-likeness (QED) is 0.926. The van der Waals surface area contributed by atoms with Crippen molar-refractivity contribution in [1.82, 2.24) is 9.80 Å². The minimum absolute atomic E-state index is 0.0198. The van der Waals surface area contributed by atoms with Crippen LogP contribution < -0.4 is 5.32 Å². The fourth-order valence-electron chi connectivity index (χ4n) is 2.76. The van der Waals surface area contributed by atoms with Crippen molar-refractivity contribution in [2.45, 2.75) is 6.42 Å². The van der Waals surface area contributed by atoms with E-state index in [0.29, 0.717) is 16.5 Å². The first-order valence-electron chi connectivity index (χ1n) is 6.92. The van der Waals surface area contributed by atoms with Crippen molar-refractivity contribution in [3.8, 4) is 0 Å². The summed E-state index contributed by atoms with van der Waals surface area (Å²) >= 11 is 6.01. The van der Waals surface area contributed by atoms with Crippen LogP contribution in [0.5, 0.6) is 0 Å². The van der Waals surface area contributed by atoms with Gasteiger partial charge in [0, 0.05) is 37.9 Å². The zero-order chi connectivity index (χ0) is 14.7. The minimum Gasteiger partial charge on any atom is -0.387 e. The molecule has 1 saturated heterocycles. The number of carbonyl (C=O) groups is 1. The van der Waals surface area contributed by atoms with E-state index in [9.17, 15) is 4.79 Å². The Hall–Kier alpha value is -1.26. The molecule has 1 aliphatic heterocycles.